The van der Waals surface area contributed by atoms with Crippen molar-refractivity contribution in [1.82, 2.24) is 19.5 Å². The summed E-state index contributed by atoms with van der Waals surface area (Å²) in [6.45, 7) is 1.47. The van der Waals surface area contributed by atoms with Gasteiger partial charge in [0, 0.05) is 25.5 Å². The van der Waals surface area contributed by atoms with Crippen LogP contribution in [0.15, 0.2) is 25.0 Å². The molecule has 0 saturated carbocycles. The van der Waals surface area contributed by atoms with E-state index < -0.39 is 0 Å². The molecule has 0 unspecified atom stereocenters. The van der Waals surface area contributed by atoms with Crippen LogP contribution in [-0.4, -0.2) is 26.1 Å². The van der Waals surface area contributed by atoms with E-state index in [0.29, 0.717) is 17.4 Å². The van der Waals surface area contributed by atoms with Crippen molar-refractivity contribution in [1.29, 1.82) is 0 Å². The zero-order valence-corrected chi connectivity index (χ0v) is 9.22. The molecule has 3 N–H and O–H groups in total. The zero-order valence-electron chi connectivity index (χ0n) is 8.47. The van der Waals surface area contributed by atoms with Crippen molar-refractivity contribution in [2.45, 2.75) is 6.54 Å². The minimum absolute atomic E-state index is 0.279. The molecule has 0 atom stereocenters. The van der Waals surface area contributed by atoms with Gasteiger partial charge >= 0.3 is 0 Å². The lowest BCUT2D eigenvalue weighted by Crippen LogP contribution is -2.11. The lowest BCUT2D eigenvalue weighted by Gasteiger charge is -2.08. The summed E-state index contributed by atoms with van der Waals surface area (Å²) in [7, 11) is 0. The monoisotopic (exact) mass is 238 g/mol. The Morgan fingerprint density at radius 3 is 3.06 bits per heavy atom. The molecule has 2 rings (SSSR count). The molecule has 0 saturated heterocycles. The van der Waals surface area contributed by atoms with E-state index in [0.717, 1.165) is 6.54 Å². The van der Waals surface area contributed by atoms with Gasteiger partial charge in [-0.05, 0) is 0 Å². The van der Waals surface area contributed by atoms with Crippen LogP contribution in [0.4, 0.5) is 11.6 Å². The van der Waals surface area contributed by atoms with Crippen LogP contribution in [0.5, 0.6) is 0 Å². The Kier molecular flexibility index (Phi) is 3.21. The van der Waals surface area contributed by atoms with Gasteiger partial charge in [-0.1, -0.05) is 11.6 Å². The number of halogens is 1. The first-order chi connectivity index (χ1) is 7.77. The molecule has 0 aliphatic carbocycles. The quantitative estimate of drug-likeness (QED) is 0.831. The summed E-state index contributed by atoms with van der Waals surface area (Å²) in [6.07, 6.45) is 6.74. The van der Waals surface area contributed by atoms with Crippen LogP contribution < -0.4 is 11.1 Å². The van der Waals surface area contributed by atoms with Gasteiger partial charge in [0.1, 0.15) is 17.2 Å². The Bertz CT molecular complexity index is 455. The van der Waals surface area contributed by atoms with Gasteiger partial charge in [0.15, 0.2) is 5.82 Å². The number of rotatable bonds is 4. The fourth-order valence-corrected chi connectivity index (χ4v) is 1.39. The van der Waals surface area contributed by atoms with E-state index in [2.05, 4.69) is 20.3 Å². The van der Waals surface area contributed by atoms with Gasteiger partial charge in [-0.2, -0.15) is 0 Å². The number of aromatic nitrogens is 4. The Labute approximate surface area is 97.5 Å². The summed E-state index contributed by atoms with van der Waals surface area (Å²) in [5, 5.41) is 3.44. The summed E-state index contributed by atoms with van der Waals surface area (Å²) in [5.74, 6) is 0.830. The summed E-state index contributed by atoms with van der Waals surface area (Å²) in [4.78, 5) is 11.7. The van der Waals surface area contributed by atoms with Crippen molar-refractivity contribution < 1.29 is 0 Å². The van der Waals surface area contributed by atoms with E-state index in [1.165, 1.54) is 6.33 Å². The smallest absolute Gasteiger partial charge is 0.150 e. The van der Waals surface area contributed by atoms with Crippen molar-refractivity contribution in [3.05, 3.63) is 30.1 Å². The van der Waals surface area contributed by atoms with Crippen molar-refractivity contribution in [3.63, 3.8) is 0 Å². The van der Waals surface area contributed by atoms with Crippen LogP contribution in [0.1, 0.15) is 0 Å². The maximum absolute atomic E-state index is 5.92. The Balaban J connectivity index is 1.92. The van der Waals surface area contributed by atoms with Gasteiger partial charge in [0.2, 0.25) is 0 Å². The van der Waals surface area contributed by atoms with Crippen LogP contribution in [-0.2, 0) is 6.54 Å². The van der Waals surface area contributed by atoms with Gasteiger partial charge in [-0.15, -0.1) is 0 Å². The predicted octanol–water partition coefficient (Wildman–Crippen LogP) is 1.02. The molecule has 2 heterocycles. The van der Waals surface area contributed by atoms with E-state index in [9.17, 15) is 0 Å². The number of nitrogen functional groups attached to an aromatic ring is 1. The number of hydrogen-bond acceptors (Lipinski definition) is 5. The van der Waals surface area contributed by atoms with Crippen molar-refractivity contribution in [3.8, 4) is 0 Å². The normalized spacial score (nSPS) is 10.3. The number of nitrogens with one attached hydrogen (secondary N) is 1. The van der Waals surface area contributed by atoms with Crippen LogP contribution in [0.25, 0.3) is 0 Å². The fourth-order valence-electron chi connectivity index (χ4n) is 1.23. The van der Waals surface area contributed by atoms with Crippen LogP contribution >= 0.6 is 11.6 Å². The minimum atomic E-state index is 0.279. The molecule has 2 aromatic heterocycles. The highest BCUT2D eigenvalue weighted by atomic mass is 35.5. The molecular weight excluding hydrogens is 228 g/mol. The first-order valence-electron chi connectivity index (χ1n) is 4.73. The van der Waals surface area contributed by atoms with Gasteiger partial charge in [0.05, 0.1) is 6.33 Å². The Hall–Kier alpha value is -1.82. The molecule has 0 spiro atoms. The third-order valence-electron chi connectivity index (χ3n) is 2.04. The average Bonchev–Trinajstić information content (AvgIpc) is 2.77. The Morgan fingerprint density at radius 1 is 1.44 bits per heavy atom. The standard InChI is InChI=1S/C9H11ClN6/c10-7-8(11)14-5-15-9(7)13-2-4-16-3-1-12-6-16/h1,3,5-6H,2,4H2,(H3,11,13,14,15). The van der Waals surface area contributed by atoms with Crippen molar-refractivity contribution in [2.24, 2.45) is 0 Å². The minimum Gasteiger partial charge on any atom is -0.382 e. The molecule has 0 radical (unpaired) electrons. The van der Waals surface area contributed by atoms with E-state index in [4.69, 9.17) is 17.3 Å². The second-order valence-corrected chi connectivity index (χ2v) is 3.53. The predicted molar refractivity (Wildman–Crippen MR) is 62.2 cm³/mol. The van der Waals surface area contributed by atoms with Gasteiger partial charge in [-0.3, -0.25) is 0 Å². The third-order valence-corrected chi connectivity index (χ3v) is 2.41. The second-order valence-electron chi connectivity index (χ2n) is 3.15. The van der Waals surface area contributed by atoms with Gasteiger partial charge in [0.25, 0.3) is 0 Å². The number of imidazole rings is 1. The molecule has 0 aromatic carbocycles. The lowest BCUT2D eigenvalue weighted by molar-refractivity contribution is 0.725. The summed E-state index contributed by atoms with van der Waals surface area (Å²) in [6, 6.07) is 0. The molecule has 6 nitrogen and oxygen atoms in total. The molecule has 2 aromatic rings. The van der Waals surface area contributed by atoms with E-state index in [1.54, 1.807) is 12.5 Å². The highest BCUT2D eigenvalue weighted by Crippen LogP contribution is 2.22. The van der Waals surface area contributed by atoms with Gasteiger partial charge in [-0.25, -0.2) is 15.0 Å². The fraction of sp³-hybridized carbons (Fsp3) is 0.222. The van der Waals surface area contributed by atoms with Crippen molar-refractivity contribution >= 4 is 23.2 Å². The summed E-state index contributed by atoms with van der Waals surface area (Å²) >= 11 is 5.92. The third kappa shape index (κ3) is 2.40. The number of hydrogen-bond donors (Lipinski definition) is 2. The molecule has 7 heteroatoms. The second kappa shape index (κ2) is 4.80. The number of anilines is 2. The zero-order chi connectivity index (χ0) is 11.4. The maximum atomic E-state index is 5.92. The van der Waals surface area contributed by atoms with E-state index in [1.807, 2.05) is 10.8 Å². The van der Waals surface area contributed by atoms with E-state index >= 15 is 0 Å². The highest BCUT2D eigenvalue weighted by molar-refractivity contribution is 6.35. The molecular formula is C9H11ClN6. The molecule has 0 aliphatic heterocycles. The maximum Gasteiger partial charge on any atom is 0.150 e. The highest BCUT2D eigenvalue weighted by Gasteiger charge is 2.04. The first kappa shape index (κ1) is 10.7. The van der Waals surface area contributed by atoms with E-state index in [-0.39, 0.29) is 5.82 Å². The number of nitrogens with zero attached hydrogens (tertiary/aromatic N) is 4. The molecule has 0 bridgehead atoms. The van der Waals surface area contributed by atoms with Crippen LogP contribution in [0.2, 0.25) is 5.02 Å². The largest absolute Gasteiger partial charge is 0.382 e. The molecule has 0 amide bonds. The summed E-state index contributed by atoms with van der Waals surface area (Å²) in [5.41, 5.74) is 5.55. The molecule has 0 fully saturated rings. The van der Waals surface area contributed by atoms with Gasteiger partial charge < -0.3 is 15.6 Å². The molecule has 84 valence electrons. The lowest BCUT2D eigenvalue weighted by atomic mass is 10.5. The van der Waals surface area contributed by atoms with Crippen molar-refractivity contribution in [2.75, 3.05) is 17.6 Å². The topological polar surface area (TPSA) is 81.6 Å². The van der Waals surface area contributed by atoms with Crippen LogP contribution in [0.3, 0.4) is 0 Å². The average molecular weight is 239 g/mol. The number of nitrogens with two attached hydrogens (primary N) is 1. The molecule has 16 heavy (non-hydrogen) atoms. The first-order valence-corrected chi connectivity index (χ1v) is 5.11. The SMILES string of the molecule is Nc1ncnc(NCCn2ccnc2)c1Cl. The van der Waals surface area contributed by atoms with Crippen LogP contribution in [0, 0.1) is 0 Å². The summed E-state index contributed by atoms with van der Waals surface area (Å²) < 4.78 is 1.95. The molecule has 0 aliphatic rings. The Morgan fingerprint density at radius 2 is 2.31 bits per heavy atom.